The molecule has 0 spiro atoms. The molecule has 13 nitrogen and oxygen atoms in total. The van der Waals surface area contributed by atoms with E-state index in [0.717, 1.165) is 32.1 Å². The van der Waals surface area contributed by atoms with E-state index in [0.29, 0.717) is 62.0 Å². The van der Waals surface area contributed by atoms with Crippen LogP contribution in [0.2, 0.25) is 0 Å². The van der Waals surface area contributed by atoms with E-state index in [1.807, 2.05) is 0 Å². The monoisotopic (exact) mass is 544 g/mol. The Morgan fingerprint density at radius 1 is 0.579 bits per heavy atom. The minimum Gasteiger partial charge on any atom is -0.356 e. The quantitative estimate of drug-likeness (QED) is 0.0618. The molecule has 0 aliphatic carbocycles. The second-order valence-corrected chi connectivity index (χ2v) is 9.19. The zero-order valence-corrected chi connectivity index (χ0v) is 22.8. The number of unbranched alkanes of at least 4 members (excludes halogenated alkanes) is 6. The number of hydrogen-bond donors (Lipinski definition) is 6. The van der Waals surface area contributed by atoms with E-state index in [9.17, 15) is 34.4 Å². The van der Waals surface area contributed by atoms with Crippen molar-refractivity contribution in [1.29, 1.82) is 0 Å². The minimum atomic E-state index is -0.522. The Bertz CT molecular complexity index is 708. The van der Waals surface area contributed by atoms with E-state index in [-0.39, 0.29) is 56.5 Å². The zero-order chi connectivity index (χ0) is 28.6. The van der Waals surface area contributed by atoms with Gasteiger partial charge in [-0.15, -0.1) is 0 Å². The highest BCUT2D eigenvalue weighted by Gasteiger charge is 2.14. The van der Waals surface area contributed by atoms with Gasteiger partial charge in [-0.3, -0.25) is 34.4 Å². The second-order valence-electron chi connectivity index (χ2n) is 9.19. The number of amides is 5. The summed E-state index contributed by atoms with van der Waals surface area (Å²) >= 11 is 0. The molecule has 0 saturated carbocycles. The average molecular weight is 545 g/mol. The molecule has 0 unspecified atom stereocenters. The summed E-state index contributed by atoms with van der Waals surface area (Å²) in [6.07, 6.45) is 6.47. The Hall–Kier alpha value is -2.77. The van der Waals surface area contributed by atoms with E-state index in [4.69, 9.17) is 5.73 Å². The molecule has 7 N–H and O–H groups in total. The van der Waals surface area contributed by atoms with Crippen molar-refractivity contribution >= 4 is 29.5 Å². The van der Waals surface area contributed by atoms with Crippen molar-refractivity contribution in [3.63, 3.8) is 0 Å². The van der Waals surface area contributed by atoms with Gasteiger partial charge in [-0.2, -0.15) is 0 Å². The van der Waals surface area contributed by atoms with Crippen LogP contribution in [0.1, 0.15) is 90.4 Å². The van der Waals surface area contributed by atoms with E-state index < -0.39 is 11.8 Å². The second kappa shape index (κ2) is 23.4. The molecule has 220 valence electrons. The van der Waals surface area contributed by atoms with Crippen molar-refractivity contribution in [2.45, 2.75) is 90.4 Å². The van der Waals surface area contributed by atoms with Crippen LogP contribution in [0.4, 0.5) is 0 Å². The van der Waals surface area contributed by atoms with Crippen LogP contribution in [-0.4, -0.2) is 89.3 Å². The van der Waals surface area contributed by atoms with Gasteiger partial charge >= 0.3 is 0 Å². The van der Waals surface area contributed by atoms with Crippen LogP contribution in [0, 0.1) is 0 Å². The van der Waals surface area contributed by atoms with Crippen LogP contribution in [0.25, 0.3) is 0 Å². The standard InChI is InChI=1S/C25H48N6O7/c1-21(32)27-16-6-3-7-17-28-22(33)11-14-25(36)31(38)20-10-4-8-18-29-23(34)12-13-24(35)30(37)19-9-2-5-15-26/h37-38H,2-20,26H2,1H3,(H,27,32)(H,28,33)(H,29,34). The van der Waals surface area contributed by atoms with Crippen molar-refractivity contribution < 1.29 is 34.4 Å². The maximum absolute atomic E-state index is 12.0. The van der Waals surface area contributed by atoms with Gasteiger partial charge in [-0.1, -0.05) is 6.42 Å². The number of hydrogen-bond acceptors (Lipinski definition) is 8. The van der Waals surface area contributed by atoms with Crippen LogP contribution in [0.3, 0.4) is 0 Å². The van der Waals surface area contributed by atoms with Crippen molar-refractivity contribution in [2.75, 3.05) is 39.3 Å². The van der Waals surface area contributed by atoms with Crippen LogP contribution < -0.4 is 21.7 Å². The lowest BCUT2D eigenvalue weighted by Gasteiger charge is -2.15. The first-order valence-corrected chi connectivity index (χ1v) is 13.6. The predicted octanol–water partition coefficient (Wildman–Crippen LogP) is 0.821. The van der Waals surface area contributed by atoms with Gasteiger partial charge in [0.15, 0.2) is 0 Å². The van der Waals surface area contributed by atoms with E-state index in [2.05, 4.69) is 16.0 Å². The summed E-state index contributed by atoms with van der Waals surface area (Å²) in [5.41, 5.74) is 5.39. The van der Waals surface area contributed by atoms with Crippen LogP contribution in [-0.2, 0) is 24.0 Å². The fourth-order valence-electron chi connectivity index (χ4n) is 3.42. The van der Waals surface area contributed by atoms with Crippen molar-refractivity contribution in [3.05, 3.63) is 0 Å². The molecule has 0 aromatic rings. The number of rotatable bonds is 23. The summed E-state index contributed by atoms with van der Waals surface area (Å²) in [6, 6.07) is 0. The molecule has 0 bridgehead atoms. The summed E-state index contributed by atoms with van der Waals surface area (Å²) in [7, 11) is 0. The van der Waals surface area contributed by atoms with Crippen molar-refractivity contribution in [3.8, 4) is 0 Å². The summed E-state index contributed by atoms with van der Waals surface area (Å²) in [5, 5.41) is 28.9. The number of hydroxylamine groups is 4. The molecule has 38 heavy (non-hydrogen) atoms. The van der Waals surface area contributed by atoms with Gasteiger partial charge in [0.05, 0.1) is 0 Å². The maximum Gasteiger partial charge on any atom is 0.246 e. The SMILES string of the molecule is CC(=O)NCCCCCNC(=O)CCC(=O)N(O)CCCCCNC(=O)CCC(=O)N(O)CCCCCN. The van der Waals surface area contributed by atoms with Gasteiger partial charge < -0.3 is 21.7 Å². The Balaban J connectivity index is 3.72. The number of nitrogens with zero attached hydrogens (tertiary/aromatic N) is 2. The minimum absolute atomic E-state index is 0.00134. The lowest BCUT2D eigenvalue weighted by Crippen LogP contribution is -2.31. The van der Waals surface area contributed by atoms with E-state index in [1.165, 1.54) is 6.92 Å². The first kappa shape index (κ1) is 35.2. The van der Waals surface area contributed by atoms with E-state index in [1.54, 1.807) is 0 Å². The molecule has 0 atom stereocenters. The highest BCUT2D eigenvalue weighted by molar-refractivity contribution is 5.83. The largest absolute Gasteiger partial charge is 0.356 e. The van der Waals surface area contributed by atoms with Crippen molar-refractivity contribution in [2.24, 2.45) is 5.73 Å². The molecule has 0 saturated heterocycles. The molecule has 0 fully saturated rings. The van der Waals surface area contributed by atoms with E-state index >= 15 is 0 Å². The third kappa shape index (κ3) is 21.3. The summed E-state index contributed by atoms with van der Waals surface area (Å²) in [4.78, 5) is 58.2. The number of nitrogens with two attached hydrogens (primary N) is 1. The molecule has 0 aromatic carbocycles. The summed E-state index contributed by atoms with van der Waals surface area (Å²) in [6.45, 7) is 3.91. The number of carbonyl (C=O) groups excluding carboxylic acids is 5. The fourth-order valence-corrected chi connectivity index (χ4v) is 3.42. The summed E-state index contributed by atoms with van der Waals surface area (Å²) in [5.74, 6) is -1.61. The Morgan fingerprint density at radius 2 is 0.974 bits per heavy atom. The molecule has 0 rings (SSSR count). The maximum atomic E-state index is 12.0. The third-order valence-electron chi connectivity index (χ3n) is 5.70. The van der Waals surface area contributed by atoms with Gasteiger partial charge in [-0.25, -0.2) is 10.1 Å². The number of nitrogens with one attached hydrogen (secondary N) is 3. The van der Waals surface area contributed by atoms with Gasteiger partial charge in [0.25, 0.3) is 0 Å². The Morgan fingerprint density at radius 3 is 1.39 bits per heavy atom. The molecule has 0 heterocycles. The Kier molecular flexibility index (Phi) is 21.7. The highest BCUT2D eigenvalue weighted by atomic mass is 16.5. The molecule has 5 amide bonds. The normalized spacial score (nSPS) is 10.5. The van der Waals surface area contributed by atoms with Crippen LogP contribution >= 0.6 is 0 Å². The molecule has 0 aliphatic heterocycles. The first-order chi connectivity index (χ1) is 18.2. The molecular formula is C25H48N6O7. The van der Waals surface area contributed by atoms with Gasteiger partial charge in [0.1, 0.15) is 0 Å². The third-order valence-corrected chi connectivity index (χ3v) is 5.70. The molecule has 0 aliphatic rings. The number of carbonyl (C=O) groups is 5. The fraction of sp³-hybridized carbons (Fsp3) is 0.800. The van der Waals surface area contributed by atoms with Crippen molar-refractivity contribution in [1.82, 2.24) is 26.1 Å². The lowest BCUT2D eigenvalue weighted by molar-refractivity contribution is -0.166. The van der Waals surface area contributed by atoms with Crippen LogP contribution in [0.15, 0.2) is 0 Å². The first-order valence-electron chi connectivity index (χ1n) is 13.6. The lowest BCUT2D eigenvalue weighted by atomic mass is 10.2. The smallest absolute Gasteiger partial charge is 0.246 e. The molecule has 13 heteroatoms. The average Bonchev–Trinajstić information content (AvgIpc) is 2.89. The Labute approximate surface area is 225 Å². The van der Waals surface area contributed by atoms with Gasteiger partial charge in [0.2, 0.25) is 29.5 Å². The highest BCUT2D eigenvalue weighted by Crippen LogP contribution is 2.03. The topological polar surface area (TPSA) is 194 Å². The predicted molar refractivity (Wildman–Crippen MR) is 141 cm³/mol. The molecule has 0 aromatic heterocycles. The molecular weight excluding hydrogens is 496 g/mol. The summed E-state index contributed by atoms with van der Waals surface area (Å²) < 4.78 is 0. The molecule has 0 radical (unpaired) electrons. The van der Waals surface area contributed by atoms with Crippen LogP contribution in [0.5, 0.6) is 0 Å². The zero-order valence-electron chi connectivity index (χ0n) is 22.8. The van der Waals surface area contributed by atoms with Gasteiger partial charge in [0, 0.05) is 65.3 Å². The van der Waals surface area contributed by atoms with Gasteiger partial charge in [-0.05, 0) is 57.9 Å².